The van der Waals surface area contributed by atoms with Crippen LogP contribution in [0.1, 0.15) is 11.1 Å². The number of carboxylic acid groups (broad SMARTS) is 1. The van der Waals surface area contributed by atoms with E-state index in [0.29, 0.717) is 5.13 Å². The van der Waals surface area contributed by atoms with Gasteiger partial charge in [0.15, 0.2) is 5.13 Å². The SMILES string of the molecule is Cc1ccc2nc(NC(=O)C(Cc3c[nH]c4ccccc34)NC(=O)O)sc2c1. The van der Waals surface area contributed by atoms with Crippen LogP contribution in [0, 0.1) is 6.92 Å². The van der Waals surface area contributed by atoms with E-state index >= 15 is 0 Å². The number of rotatable bonds is 5. The number of hydrogen-bond acceptors (Lipinski definition) is 4. The number of aromatic nitrogens is 2. The summed E-state index contributed by atoms with van der Waals surface area (Å²) in [5, 5.41) is 15.6. The van der Waals surface area contributed by atoms with Gasteiger partial charge in [-0.25, -0.2) is 9.78 Å². The summed E-state index contributed by atoms with van der Waals surface area (Å²) in [6.45, 7) is 1.99. The van der Waals surface area contributed by atoms with Crippen LogP contribution >= 0.6 is 11.3 Å². The van der Waals surface area contributed by atoms with Crippen molar-refractivity contribution in [1.82, 2.24) is 15.3 Å². The molecular weight excluding hydrogens is 376 g/mol. The highest BCUT2D eigenvalue weighted by Gasteiger charge is 2.23. The van der Waals surface area contributed by atoms with E-state index in [1.54, 1.807) is 6.20 Å². The van der Waals surface area contributed by atoms with Gasteiger partial charge in [-0.2, -0.15) is 0 Å². The first-order valence-electron chi connectivity index (χ1n) is 8.72. The van der Waals surface area contributed by atoms with Crippen LogP contribution in [0.5, 0.6) is 0 Å². The molecule has 0 spiro atoms. The lowest BCUT2D eigenvalue weighted by molar-refractivity contribution is -0.118. The highest BCUT2D eigenvalue weighted by atomic mass is 32.1. The number of amides is 2. The number of thiazole rings is 1. The fraction of sp³-hybridized carbons (Fsp3) is 0.150. The Kier molecular flexibility index (Phi) is 4.70. The molecule has 2 heterocycles. The maximum absolute atomic E-state index is 12.8. The summed E-state index contributed by atoms with van der Waals surface area (Å²) in [4.78, 5) is 31.5. The molecule has 4 aromatic rings. The maximum Gasteiger partial charge on any atom is 0.405 e. The third kappa shape index (κ3) is 3.67. The summed E-state index contributed by atoms with van der Waals surface area (Å²) in [6.07, 6.45) is 0.779. The third-order valence-corrected chi connectivity index (χ3v) is 5.42. The van der Waals surface area contributed by atoms with E-state index in [1.807, 2.05) is 49.4 Å². The molecule has 0 aliphatic heterocycles. The molecule has 0 bridgehead atoms. The molecule has 0 aliphatic carbocycles. The summed E-state index contributed by atoms with van der Waals surface area (Å²) in [5.41, 5.74) is 3.71. The zero-order valence-corrected chi connectivity index (χ0v) is 15.8. The molecule has 4 rings (SSSR count). The minimum absolute atomic E-state index is 0.228. The number of hydrogen-bond donors (Lipinski definition) is 4. The predicted octanol–water partition coefficient (Wildman–Crippen LogP) is 3.90. The Morgan fingerprint density at radius 1 is 1.25 bits per heavy atom. The topological polar surface area (TPSA) is 107 Å². The average Bonchev–Trinajstić information content (AvgIpc) is 3.24. The lowest BCUT2D eigenvalue weighted by atomic mass is 10.0. The minimum atomic E-state index is -1.25. The van der Waals surface area contributed by atoms with Crippen LogP contribution in [-0.4, -0.2) is 33.1 Å². The summed E-state index contributed by atoms with van der Waals surface area (Å²) in [5.74, 6) is -0.441. The van der Waals surface area contributed by atoms with Gasteiger partial charge in [0.1, 0.15) is 6.04 Å². The molecular formula is C20H18N4O3S. The van der Waals surface area contributed by atoms with Gasteiger partial charge in [0.25, 0.3) is 0 Å². The molecule has 2 aromatic carbocycles. The van der Waals surface area contributed by atoms with E-state index in [2.05, 4.69) is 20.6 Å². The number of carbonyl (C=O) groups is 2. The van der Waals surface area contributed by atoms with E-state index < -0.39 is 18.0 Å². The quantitative estimate of drug-likeness (QED) is 0.412. The van der Waals surface area contributed by atoms with Crippen molar-refractivity contribution < 1.29 is 14.7 Å². The number of para-hydroxylation sites is 1. The first-order chi connectivity index (χ1) is 13.5. The second-order valence-corrected chi connectivity index (χ2v) is 7.58. The van der Waals surface area contributed by atoms with Crippen LogP contribution < -0.4 is 10.6 Å². The zero-order valence-electron chi connectivity index (χ0n) is 15.0. The molecule has 8 heteroatoms. The van der Waals surface area contributed by atoms with E-state index in [9.17, 15) is 14.7 Å². The molecule has 4 N–H and O–H groups in total. The smallest absolute Gasteiger partial charge is 0.405 e. The number of benzene rings is 2. The molecule has 2 aromatic heterocycles. The van der Waals surface area contributed by atoms with E-state index in [-0.39, 0.29) is 6.42 Å². The molecule has 0 fully saturated rings. The predicted molar refractivity (Wildman–Crippen MR) is 110 cm³/mol. The lowest BCUT2D eigenvalue weighted by Gasteiger charge is -2.15. The third-order valence-electron chi connectivity index (χ3n) is 4.49. The van der Waals surface area contributed by atoms with Crippen molar-refractivity contribution >= 4 is 49.6 Å². The summed E-state index contributed by atoms with van der Waals surface area (Å²) in [7, 11) is 0. The molecule has 7 nitrogen and oxygen atoms in total. The number of aryl methyl sites for hydroxylation is 1. The van der Waals surface area contributed by atoms with Crippen LogP contribution in [0.15, 0.2) is 48.7 Å². The van der Waals surface area contributed by atoms with Crippen molar-refractivity contribution in [2.75, 3.05) is 5.32 Å². The summed E-state index contributed by atoms with van der Waals surface area (Å²) < 4.78 is 0.967. The van der Waals surface area contributed by atoms with Gasteiger partial charge in [-0.15, -0.1) is 0 Å². The Bertz CT molecular complexity index is 1180. The standard InChI is InChI=1S/C20H18N4O3S/c1-11-6-7-15-17(8-11)28-19(22-15)24-18(25)16(23-20(26)27)9-12-10-21-14-5-3-2-4-13(12)14/h2-8,10,16,21,23H,9H2,1H3,(H,26,27)(H,22,24,25). The number of carbonyl (C=O) groups excluding carboxylic acids is 1. The highest BCUT2D eigenvalue weighted by molar-refractivity contribution is 7.22. The first-order valence-corrected chi connectivity index (χ1v) is 9.54. The van der Waals surface area contributed by atoms with Crippen molar-refractivity contribution in [3.63, 3.8) is 0 Å². The molecule has 2 amide bonds. The molecule has 0 saturated carbocycles. The average molecular weight is 394 g/mol. The van der Waals surface area contributed by atoms with Crippen molar-refractivity contribution in [3.05, 3.63) is 59.8 Å². The number of nitrogens with one attached hydrogen (secondary N) is 3. The Balaban J connectivity index is 1.57. The van der Waals surface area contributed by atoms with Crippen LogP contribution in [0.4, 0.5) is 9.93 Å². The van der Waals surface area contributed by atoms with Gasteiger partial charge in [0.2, 0.25) is 5.91 Å². The molecule has 28 heavy (non-hydrogen) atoms. The van der Waals surface area contributed by atoms with Crippen LogP contribution in [0.3, 0.4) is 0 Å². The minimum Gasteiger partial charge on any atom is -0.465 e. The summed E-state index contributed by atoms with van der Waals surface area (Å²) >= 11 is 1.36. The monoisotopic (exact) mass is 394 g/mol. The molecule has 1 unspecified atom stereocenters. The number of fused-ring (bicyclic) bond motifs is 2. The van der Waals surface area contributed by atoms with Gasteiger partial charge >= 0.3 is 6.09 Å². The first kappa shape index (κ1) is 18.0. The molecule has 0 radical (unpaired) electrons. The number of anilines is 1. The van der Waals surface area contributed by atoms with E-state index in [1.165, 1.54) is 11.3 Å². The Hall–Kier alpha value is -3.39. The summed E-state index contributed by atoms with van der Waals surface area (Å²) in [6, 6.07) is 12.6. The van der Waals surface area contributed by atoms with Crippen molar-refractivity contribution in [1.29, 1.82) is 0 Å². The molecule has 0 saturated heterocycles. The van der Waals surface area contributed by atoms with Gasteiger partial charge in [0, 0.05) is 23.5 Å². The number of H-pyrrole nitrogens is 1. The van der Waals surface area contributed by atoms with Gasteiger partial charge in [0.05, 0.1) is 10.2 Å². The van der Waals surface area contributed by atoms with Gasteiger partial charge in [-0.1, -0.05) is 35.6 Å². The van der Waals surface area contributed by atoms with Crippen molar-refractivity contribution in [3.8, 4) is 0 Å². The van der Waals surface area contributed by atoms with E-state index in [0.717, 1.165) is 32.2 Å². The molecule has 1 atom stereocenters. The number of aromatic amines is 1. The fourth-order valence-electron chi connectivity index (χ4n) is 3.16. The van der Waals surface area contributed by atoms with Crippen LogP contribution in [0.25, 0.3) is 21.1 Å². The van der Waals surface area contributed by atoms with Crippen LogP contribution in [-0.2, 0) is 11.2 Å². The Labute approximate surface area is 164 Å². The Morgan fingerprint density at radius 3 is 2.89 bits per heavy atom. The molecule has 142 valence electrons. The van der Waals surface area contributed by atoms with E-state index in [4.69, 9.17) is 0 Å². The van der Waals surface area contributed by atoms with Crippen molar-refractivity contribution in [2.24, 2.45) is 0 Å². The van der Waals surface area contributed by atoms with Gasteiger partial charge < -0.3 is 20.7 Å². The normalized spacial score (nSPS) is 12.2. The fourth-order valence-corrected chi connectivity index (χ4v) is 4.12. The maximum atomic E-state index is 12.8. The van der Waals surface area contributed by atoms with Crippen LogP contribution in [0.2, 0.25) is 0 Å². The van der Waals surface area contributed by atoms with Gasteiger partial charge in [-0.05, 0) is 36.2 Å². The molecule has 0 aliphatic rings. The second kappa shape index (κ2) is 7.32. The van der Waals surface area contributed by atoms with Crippen molar-refractivity contribution in [2.45, 2.75) is 19.4 Å². The number of nitrogens with zero attached hydrogens (tertiary/aromatic N) is 1. The Morgan fingerprint density at radius 2 is 2.07 bits per heavy atom. The highest BCUT2D eigenvalue weighted by Crippen LogP contribution is 2.27. The van der Waals surface area contributed by atoms with Gasteiger partial charge in [-0.3, -0.25) is 4.79 Å². The zero-order chi connectivity index (χ0) is 19.7. The second-order valence-electron chi connectivity index (χ2n) is 6.55. The lowest BCUT2D eigenvalue weighted by Crippen LogP contribution is -2.44. The largest absolute Gasteiger partial charge is 0.465 e.